The number of rotatable bonds is 5. The Morgan fingerprint density at radius 2 is 1.84 bits per heavy atom. The second-order valence-corrected chi connectivity index (χ2v) is 5.81. The van der Waals surface area contributed by atoms with Gasteiger partial charge in [0.1, 0.15) is 22.5 Å². The van der Waals surface area contributed by atoms with Crippen LogP contribution in [-0.2, 0) is 6.54 Å². The molecular formula is C19H15ClF2N2O. The summed E-state index contributed by atoms with van der Waals surface area (Å²) in [6.45, 7) is 0.298. The van der Waals surface area contributed by atoms with Crippen LogP contribution >= 0.6 is 11.6 Å². The van der Waals surface area contributed by atoms with Crippen LogP contribution < -0.4 is 10.1 Å². The van der Waals surface area contributed by atoms with Gasteiger partial charge in [0.25, 0.3) is 0 Å². The smallest absolute Gasteiger partial charge is 0.145 e. The molecule has 6 heteroatoms. The highest BCUT2D eigenvalue weighted by atomic mass is 35.5. The fourth-order valence-electron chi connectivity index (χ4n) is 2.52. The number of nitrogens with one attached hydrogen (secondary N) is 1. The summed E-state index contributed by atoms with van der Waals surface area (Å²) in [7, 11) is 1.56. The fourth-order valence-corrected chi connectivity index (χ4v) is 2.68. The van der Waals surface area contributed by atoms with Crippen LogP contribution in [0.1, 0.15) is 5.56 Å². The number of ether oxygens (including phenoxy) is 1. The maximum Gasteiger partial charge on any atom is 0.145 e. The van der Waals surface area contributed by atoms with Crippen molar-refractivity contribution in [2.45, 2.75) is 6.54 Å². The summed E-state index contributed by atoms with van der Waals surface area (Å²) in [6.07, 6.45) is 1.56. The summed E-state index contributed by atoms with van der Waals surface area (Å²) in [5.74, 6) is -0.586. The van der Waals surface area contributed by atoms with Crippen LogP contribution in [0, 0.1) is 11.6 Å². The Labute approximate surface area is 149 Å². The largest absolute Gasteiger partial charge is 0.494 e. The molecule has 3 rings (SSSR count). The summed E-state index contributed by atoms with van der Waals surface area (Å²) in [5.41, 5.74) is 3.02. The highest BCUT2D eigenvalue weighted by molar-refractivity contribution is 6.29. The highest BCUT2D eigenvalue weighted by Crippen LogP contribution is 2.32. The van der Waals surface area contributed by atoms with Gasteiger partial charge in [-0.15, -0.1) is 0 Å². The third kappa shape index (κ3) is 4.25. The average molecular weight is 361 g/mol. The normalized spacial score (nSPS) is 10.6. The summed E-state index contributed by atoms with van der Waals surface area (Å²) in [6, 6.07) is 12.7. The van der Waals surface area contributed by atoms with E-state index in [1.807, 2.05) is 24.3 Å². The number of methoxy groups -OCH3 is 1. The molecular weight excluding hydrogens is 346 g/mol. The lowest BCUT2D eigenvalue weighted by atomic mass is 10.1. The van der Waals surface area contributed by atoms with Crippen LogP contribution in [0.3, 0.4) is 0 Å². The van der Waals surface area contributed by atoms with Crippen molar-refractivity contribution in [3.63, 3.8) is 0 Å². The summed E-state index contributed by atoms with van der Waals surface area (Å²) in [4.78, 5) is 4.00. The zero-order valence-electron chi connectivity index (χ0n) is 13.4. The van der Waals surface area contributed by atoms with Gasteiger partial charge >= 0.3 is 0 Å². The van der Waals surface area contributed by atoms with Crippen LogP contribution in [0.15, 0.2) is 54.7 Å². The van der Waals surface area contributed by atoms with Gasteiger partial charge in [-0.3, -0.25) is 0 Å². The summed E-state index contributed by atoms with van der Waals surface area (Å²) >= 11 is 5.98. The minimum atomic E-state index is -0.596. The number of hydrogen-bond donors (Lipinski definition) is 1. The van der Waals surface area contributed by atoms with E-state index >= 15 is 0 Å². The molecule has 0 aliphatic carbocycles. The van der Waals surface area contributed by atoms with Crippen LogP contribution in [0.4, 0.5) is 14.5 Å². The van der Waals surface area contributed by atoms with Crippen molar-refractivity contribution in [3.05, 3.63) is 77.1 Å². The monoisotopic (exact) mass is 360 g/mol. The minimum absolute atomic E-state index is 0.298. The first-order valence-corrected chi connectivity index (χ1v) is 7.92. The van der Waals surface area contributed by atoms with Gasteiger partial charge < -0.3 is 10.1 Å². The highest BCUT2D eigenvalue weighted by Gasteiger charge is 2.08. The van der Waals surface area contributed by atoms with Gasteiger partial charge in [0.05, 0.1) is 13.3 Å². The van der Waals surface area contributed by atoms with Crippen LogP contribution in [0.25, 0.3) is 11.1 Å². The Hall–Kier alpha value is -2.66. The van der Waals surface area contributed by atoms with E-state index in [1.165, 1.54) is 12.1 Å². The molecule has 1 aromatic heterocycles. The number of pyridine rings is 1. The molecule has 128 valence electrons. The zero-order valence-corrected chi connectivity index (χ0v) is 14.1. The van der Waals surface area contributed by atoms with Crippen LogP contribution in [0.5, 0.6) is 5.75 Å². The number of anilines is 1. The predicted molar refractivity (Wildman–Crippen MR) is 94.9 cm³/mol. The quantitative estimate of drug-likeness (QED) is 0.627. The van der Waals surface area contributed by atoms with E-state index in [9.17, 15) is 8.78 Å². The summed E-state index contributed by atoms with van der Waals surface area (Å²) in [5, 5.41) is 3.52. The van der Waals surface area contributed by atoms with E-state index in [0.29, 0.717) is 23.0 Å². The van der Waals surface area contributed by atoms with E-state index in [0.717, 1.165) is 22.9 Å². The Bertz CT molecular complexity index is 882. The molecule has 0 amide bonds. The van der Waals surface area contributed by atoms with Gasteiger partial charge in [-0.2, -0.15) is 0 Å². The fraction of sp³-hybridized carbons (Fsp3) is 0.105. The van der Waals surface area contributed by atoms with Gasteiger partial charge in [-0.1, -0.05) is 23.7 Å². The molecule has 2 aromatic carbocycles. The van der Waals surface area contributed by atoms with Crippen molar-refractivity contribution in [2.75, 3.05) is 12.4 Å². The van der Waals surface area contributed by atoms with Gasteiger partial charge in [-0.25, -0.2) is 13.8 Å². The van der Waals surface area contributed by atoms with Crippen LogP contribution in [0.2, 0.25) is 5.15 Å². The Kier molecular flexibility index (Phi) is 5.14. The van der Waals surface area contributed by atoms with Crippen LogP contribution in [-0.4, -0.2) is 12.1 Å². The Balaban J connectivity index is 1.83. The number of nitrogens with zero attached hydrogens (tertiary/aromatic N) is 1. The van der Waals surface area contributed by atoms with E-state index in [2.05, 4.69) is 10.3 Å². The number of hydrogen-bond acceptors (Lipinski definition) is 3. The van der Waals surface area contributed by atoms with Gasteiger partial charge in [0.2, 0.25) is 0 Å². The lowest BCUT2D eigenvalue weighted by Crippen LogP contribution is -2.01. The zero-order chi connectivity index (χ0) is 17.8. The lowest BCUT2D eigenvalue weighted by Gasteiger charge is -2.11. The molecule has 0 saturated carbocycles. The topological polar surface area (TPSA) is 34.1 Å². The van der Waals surface area contributed by atoms with E-state index in [4.69, 9.17) is 16.3 Å². The molecule has 0 aliphatic rings. The molecule has 1 heterocycles. The van der Waals surface area contributed by atoms with Crippen molar-refractivity contribution in [3.8, 4) is 16.9 Å². The van der Waals surface area contributed by atoms with Gasteiger partial charge in [0.15, 0.2) is 0 Å². The van der Waals surface area contributed by atoms with E-state index in [1.54, 1.807) is 19.4 Å². The molecule has 0 atom stereocenters. The molecule has 3 aromatic rings. The maximum absolute atomic E-state index is 13.3. The van der Waals surface area contributed by atoms with Gasteiger partial charge in [-0.05, 0) is 41.5 Å². The molecule has 25 heavy (non-hydrogen) atoms. The number of benzene rings is 2. The minimum Gasteiger partial charge on any atom is -0.494 e. The molecule has 0 saturated heterocycles. The van der Waals surface area contributed by atoms with Crippen molar-refractivity contribution < 1.29 is 13.5 Å². The standard InChI is InChI=1S/C19H15ClF2N2O/c1-25-18-11-24-19(20)9-17(18)13-3-2-4-16(7-13)23-10-12-5-14(21)8-15(22)6-12/h2-9,11,23H,10H2,1H3. The molecule has 1 N–H and O–H groups in total. The lowest BCUT2D eigenvalue weighted by molar-refractivity contribution is 0.414. The van der Waals surface area contributed by atoms with Crippen molar-refractivity contribution in [2.24, 2.45) is 0 Å². The van der Waals surface area contributed by atoms with Crippen molar-refractivity contribution in [1.29, 1.82) is 0 Å². The van der Waals surface area contributed by atoms with Crippen molar-refractivity contribution in [1.82, 2.24) is 4.98 Å². The predicted octanol–water partition coefficient (Wildman–Crippen LogP) is 5.30. The molecule has 0 unspecified atom stereocenters. The Morgan fingerprint density at radius 1 is 1.08 bits per heavy atom. The van der Waals surface area contributed by atoms with E-state index < -0.39 is 11.6 Å². The molecule has 0 radical (unpaired) electrons. The van der Waals surface area contributed by atoms with E-state index in [-0.39, 0.29) is 0 Å². The Morgan fingerprint density at radius 3 is 2.56 bits per heavy atom. The second kappa shape index (κ2) is 7.49. The molecule has 0 fully saturated rings. The molecule has 0 spiro atoms. The number of aromatic nitrogens is 1. The van der Waals surface area contributed by atoms with Crippen molar-refractivity contribution >= 4 is 17.3 Å². The first-order valence-electron chi connectivity index (χ1n) is 7.54. The third-order valence-corrected chi connectivity index (χ3v) is 3.85. The molecule has 3 nitrogen and oxygen atoms in total. The molecule has 0 aliphatic heterocycles. The average Bonchev–Trinajstić information content (AvgIpc) is 2.59. The SMILES string of the molecule is COc1cnc(Cl)cc1-c1cccc(NCc2cc(F)cc(F)c2)c1. The second-order valence-electron chi connectivity index (χ2n) is 5.42. The first kappa shape index (κ1) is 17.2. The number of halogens is 3. The van der Waals surface area contributed by atoms with Gasteiger partial charge in [0, 0.05) is 23.9 Å². The molecule has 0 bridgehead atoms. The maximum atomic E-state index is 13.3. The first-order chi connectivity index (χ1) is 12.0. The third-order valence-electron chi connectivity index (χ3n) is 3.65. The summed E-state index contributed by atoms with van der Waals surface area (Å²) < 4.78 is 31.8.